The van der Waals surface area contributed by atoms with E-state index in [0.29, 0.717) is 10.0 Å². The summed E-state index contributed by atoms with van der Waals surface area (Å²) in [5, 5.41) is 0. The highest BCUT2D eigenvalue weighted by Gasteiger charge is 2.01. The van der Waals surface area contributed by atoms with Crippen LogP contribution in [0, 0.1) is 0 Å². The third kappa shape index (κ3) is 2.53. The summed E-state index contributed by atoms with van der Waals surface area (Å²) in [6, 6.07) is 5.18. The van der Waals surface area contributed by atoms with Crippen molar-refractivity contribution in [1.82, 2.24) is 0 Å². The quantitative estimate of drug-likeness (QED) is 0.659. The number of amides is 1. The lowest BCUT2D eigenvalue weighted by atomic mass is 10.1. The maximum Gasteiger partial charge on any atom is 0.241 e. The Kier molecular flexibility index (Phi) is 3.59. The zero-order chi connectivity index (χ0) is 10.6. The molecule has 0 bridgehead atoms. The minimum Gasteiger partial charge on any atom is -0.366 e. The fourth-order valence-corrected chi connectivity index (χ4v) is 1.45. The summed E-state index contributed by atoms with van der Waals surface area (Å²) >= 11 is 3.26. The van der Waals surface area contributed by atoms with Gasteiger partial charge in [-0.25, -0.2) is 0 Å². The molecule has 0 radical (unpaired) electrons. The number of halogens is 1. The topological polar surface area (TPSA) is 60.2 Å². The fourth-order valence-electron chi connectivity index (χ4n) is 0.960. The van der Waals surface area contributed by atoms with E-state index in [9.17, 15) is 9.59 Å². The summed E-state index contributed by atoms with van der Waals surface area (Å²) in [5.41, 5.74) is 6.23. The lowest BCUT2D eigenvalue weighted by Crippen LogP contribution is -2.05. The molecular weight excluding hydrogens is 246 g/mol. The van der Waals surface area contributed by atoms with E-state index in [1.807, 2.05) is 0 Å². The molecule has 0 aliphatic carbocycles. The Morgan fingerprint density at radius 3 is 2.57 bits per heavy atom. The van der Waals surface area contributed by atoms with Gasteiger partial charge in [-0.2, -0.15) is 0 Å². The summed E-state index contributed by atoms with van der Waals surface area (Å²) in [6.07, 6.45) is 3.54. The van der Waals surface area contributed by atoms with E-state index in [1.165, 1.54) is 6.08 Å². The smallest absolute Gasteiger partial charge is 0.241 e. The highest BCUT2D eigenvalue weighted by molar-refractivity contribution is 9.10. The minimum atomic E-state index is -0.520. The molecule has 0 saturated carbocycles. The monoisotopic (exact) mass is 253 g/mol. The van der Waals surface area contributed by atoms with Gasteiger partial charge in [0.15, 0.2) is 6.29 Å². The van der Waals surface area contributed by atoms with Crippen LogP contribution in [-0.2, 0) is 4.79 Å². The van der Waals surface area contributed by atoms with Crippen molar-refractivity contribution in [2.24, 2.45) is 5.73 Å². The lowest BCUT2D eigenvalue weighted by molar-refractivity contribution is -0.113. The van der Waals surface area contributed by atoms with E-state index in [0.717, 1.165) is 11.8 Å². The van der Waals surface area contributed by atoms with Crippen molar-refractivity contribution in [3.05, 3.63) is 39.9 Å². The molecule has 14 heavy (non-hydrogen) atoms. The standard InChI is InChI=1S/C10H8BrNO2/c11-10-7(4-5-9(12)14)2-1-3-8(10)6-13/h1-6H,(H2,12,14). The van der Waals surface area contributed by atoms with Gasteiger partial charge in [0.25, 0.3) is 0 Å². The third-order valence-corrected chi connectivity index (χ3v) is 2.53. The highest BCUT2D eigenvalue weighted by Crippen LogP contribution is 2.21. The maximum absolute atomic E-state index is 10.6. The Labute approximate surface area is 89.7 Å². The average Bonchev–Trinajstić information content (AvgIpc) is 2.16. The molecular formula is C10H8BrNO2. The zero-order valence-electron chi connectivity index (χ0n) is 7.24. The number of aldehydes is 1. The van der Waals surface area contributed by atoms with Crippen LogP contribution in [0.2, 0.25) is 0 Å². The second-order valence-electron chi connectivity index (χ2n) is 2.60. The van der Waals surface area contributed by atoms with Crippen molar-refractivity contribution in [3.63, 3.8) is 0 Å². The molecule has 1 amide bonds. The molecule has 0 spiro atoms. The molecule has 0 fully saturated rings. The molecule has 0 heterocycles. The van der Waals surface area contributed by atoms with Crippen LogP contribution in [-0.4, -0.2) is 12.2 Å². The van der Waals surface area contributed by atoms with Crippen molar-refractivity contribution in [1.29, 1.82) is 0 Å². The number of rotatable bonds is 3. The van der Waals surface area contributed by atoms with Gasteiger partial charge in [0.05, 0.1) is 0 Å². The molecule has 4 heteroatoms. The Bertz CT molecular complexity index is 399. The van der Waals surface area contributed by atoms with Crippen LogP contribution in [0.1, 0.15) is 15.9 Å². The summed E-state index contributed by atoms with van der Waals surface area (Å²) in [4.78, 5) is 21.1. The van der Waals surface area contributed by atoms with Crippen molar-refractivity contribution >= 4 is 34.2 Å². The van der Waals surface area contributed by atoms with Crippen LogP contribution in [0.3, 0.4) is 0 Å². The largest absolute Gasteiger partial charge is 0.366 e. The SMILES string of the molecule is NC(=O)C=Cc1cccc(C=O)c1Br. The first-order valence-corrected chi connectivity index (χ1v) is 4.65. The second kappa shape index (κ2) is 4.72. The molecule has 1 rings (SSSR count). The van der Waals surface area contributed by atoms with Crippen molar-refractivity contribution < 1.29 is 9.59 Å². The molecule has 0 aromatic heterocycles. The second-order valence-corrected chi connectivity index (χ2v) is 3.40. The van der Waals surface area contributed by atoms with Gasteiger partial charge in [0.1, 0.15) is 0 Å². The van der Waals surface area contributed by atoms with E-state index in [1.54, 1.807) is 24.3 Å². The highest BCUT2D eigenvalue weighted by atomic mass is 79.9. The average molecular weight is 254 g/mol. The minimum absolute atomic E-state index is 0.520. The summed E-state index contributed by atoms with van der Waals surface area (Å²) in [7, 11) is 0. The van der Waals surface area contributed by atoms with Gasteiger partial charge in [-0.3, -0.25) is 9.59 Å². The molecule has 2 N–H and O–H groups in total. The van der Waals surface area contributed by atoms with Crippen LogP contribution >= 0.6 is 15.9 Å². The summed E-state index contributed by atoms with van der Waals surface area (Å²) < 4.78 is 0.660. The maximum atomic E-state index is 10.6. The number of nitrogens with two attached hydrogens (primary N) is 1. The van der Waals surface area contributed by atoms with Gasteiger partial charge in [0, 0.05) is 16.1 Å². The molecule has 72 valence electrons. The van der Waals surface area contributed by atoms with Gasteiger partial charge >= 0.3 is 0 Å². The Balaban J connectivity index is 3.09. The van der Waals surface area contributed by atoms with Crippen molar-refractivity contribution in [3.8, 4) is 0 Å². The predicted molar refractivity (Wildman–Crippen MR) is 57.8 cm³/mol. The fraction of sp³-hybridized carbons (Fsp3) is 0. The van der Waals surface area contributed by atoms with Crippen LogP contribution in [0.15, 0.2) is 28.7 Å². The van der Waals surface area contributed by atoms with E-state index in [2.05, 4.69) is 15.9 Å². The van der Waals surface area contributed by atoms with E-state index in [-0.39, 0.29) is 0 Å². The Hall–Kier alpha value is -1.42. The van der Waals surface area contributed by atoms with Gasteiger partial charge in [-0.05, 0) is 27.6 Å². The number of benzene rings is 1. The molecule has 1 aromatic carbocycles. The van der Waals surface area contributed by atoms with Crippen molar-refractivity contribution in [2.45, 2.75) is 0 Å². The molecule has 0 atom stereocenters. The summed E-state index contributed by atoms with van der Waals surface area (Å²) in [6.45, 7) is 0. The van der Waals surface area contributed by atoms with Crippen LogP contribution < -0.4 is 5.73 Å². The molecule has 0 unspecified atom stereocenters. The number of primary amides is 1. The molecule has 0 saturated heterocycles. The number of carbonyl (C=O) groups is 2. The van der Waals surface area contributed by atoms with Crippen LogP contribution in [0.4, 0.5) is 0 Å². The van der Waals surface area contributed by atoms with E-state index in [4.69, 9.17) is 5.73 Å². The Morgan fingerprint density at radius 1 is 1.36 bits per heavy atom. The first-order chi connectivity index (χ1) is 6.65. The van der Waals surface area contributed by atoms with Crippen LogP contribution in [0.5, 0.6) is 0 Å². The van der Waals surface area contributed by atoms with Crippen LogP contribution in [0.25, 0.3) is 6.08 Å². The summed E-state index contributed by atoms with van der Waals surface area (Å²) in [5.74, 6) is -0.520. The normalized spacial score (nSPS) is 10.4. The third-order valence-electron chi connectivity index (χ3n) is 1.61. The van der Waals surface area contributed by atoms with Gasteiger partial charge < -0.3 is 5.73 Å². The lowest BCUT2D eigenvalue weighted by Gasteiger charge is -2.00. The molecule has 0 aliphatic rings. The molecule has 3 nitrogen and oxygen atoms in total. The molecule has 1 aromatic rings. The first-order valence-electron chi connectivity index (χ1n) is 3.86. The van der Waals surface area contributed by atoms with Gasteiger partial charge in [-0.1, -0.05) is 18.2 Å². The number of hydrogen-bond donors (Lipinski definition) is 1. The Morgan fingerprint density at radius 2 is 2.00 bits per heavy atom. The first kappa shape index (κ1) is 10.7. The molecule has 0 aliphatic heterocycles. The predicted octanol–water partition coefficient (Wildman–Crippen LogP) is 1.76. The zero-order valence-corrected chi connectivity index (χ0v) is 8.82. The number of hydrogen-bond acceptors (Lipinski definition) is 2. The van der Waals surface area contributed by atoms with Crippen molar-refractivity contribution in [2.75, 3.05) is 0 Å². The van der Waals surface area contributed by atoms with Gasteiger partial charge in [-0.15, -0.1) is 0 Å². The van der Waals surface area contributed by atoms with E-state index >= 15 is 0 Å². The van der Waals surface area contributed by atoms with Gasteiger partial charge in [0.2, 0.25) is 5.91 Å². The van der Waals surface area contributed by atoms with E-state index < -0.39 is 5.91 Å². The number of carbonyl (C=O) groups excluding carboxylic acids is 2.